The third-order valence-corrected chi connectivity index (χ3v) is 4.59. The molecule has 0 aliphatic heterocycles. The Bertz CT molecular complexity index is 998. The number of carbonyl (C=O) groups excluding carboxylic acids is 1. The summed E-state index contributed by atoms with van der Waals surface area (Å²) in [7, 11) is 3.39. The molecule has 0 atom stereocenters. The maximum atomic E-state index is 12.3. The van der Waals surface area contributed by atoms with E-state index in [1.807, 2.05) is 50.2 Å². The average molecular weight is 376 g/mol. The van der Waals surface area contributed by atoms with Gasteiger partial charge in [-0.25, -0.2) is 0 Å². The summed E-state index contributed by atoms with van der Waals surface area (Å²) in [5.41, 5.74) is 4.55. The van der Waals surface area contributed by atoms with Gasteiger partial charge in [-0.3, -0.25) is 9.48 Å². The van der Waals surface area contributed by atoms with Crippen LogP contribution in [-0.4, -0.2) is 22.7 Å². The Morgan fingerprint density at radius 1 is 1.14 bits per heavy atom. The van der Waals surface area contributed by atoms with E-state index in [2.05, 4.69) is 5.10 Å². The van der Waals surface area contributed by atoms with Gasteiger partial charge in [-0.1, -0.05) is 30.3 Å². The third-order valence-electron chi connectivity index (χ3n) is 4.59. The van der Waals surface area contributed by atoms with E-state index >= 15 is 0 Å². The molecule has 0 N–H and O–H groups in total. The molecular formula is C23H24N2O3. The molecule has 0 fully saturated rings. The number of allylic oxidation sites excluding steroid dienone is 1. The van der Waals surface area contributed by atoms with E-state index in [1.165, 1.54) is 0 Å². The standard InChI is InChI=1S/C23H24N2O3/c1-16-6-5-7-17(2)23(16)28-15-19-14-18(9-11-22(19)27-4)8-10-21(26)20-12-13-24-25(20)3/h5-14H,15H2,1-4H3/b10-8+. The fourth-order valence-corrected chi connectivity index (χ4v) is 3.06. The van der Waals surface area contributed by atoms with Crippen LogP contribution in [0.1, 0.15) is 32.7 Å². The van der Waals surface area contributed by atoms with E-state index in [1.54, 1.807) is 43.3 Å². The highest BCUT2D eigenvalue weighted by Crippen LogP contribution is 2.26. The Kier molecular flexibility index (Phi) is 5.94. The highest BCUT2D eigenvalue weighted by Gasteiger charge is 2.09. The third kappa shape index (κ3) is 4.31. The molecule has 0 saturated heterocycles. The van der Waals surface area contributed by atoms with Gasteiger partial charge in [0.15, 0.2) is 0 Å². The van der Waals surface area contributed by atoms with Crippen LogP contribution in [0.4, 0.5) is 0 Å². The highest BCUT2D eigenvalue weighted by atomic mass is 16.5. The molecule has 0 unspecified atom stereocenters. The van der Waals surface area contributed by atoms with E-state index in [0.717, 1.165) is 33.8 Å². The van der Waals surface area contributed by atoms with Crippen LogP contribution in [-0.2, 0) is 13.7 Å². The van der Waals surface area contributed by atoms with E-state index < -0.39 is 0 Å². The van der Waals surface area contributed by atoms with Crippen LogP contribution in [0.15, 0.2) is 54.7 Å². The monoisotopic (exact) mass is 376 g/mol. The predicted octanol–water partition coefficient (Wildman–Crippen LogP) is 4.52. The first kappa shape index (κ1) is 19.4. The van der Waals surface area contributed by atoms with E-state index in [-0.39, 0.29) is 5.78 Å². The highest BCUT2D eigenvalue weighted by molar-refractivity contribution is 6.05. The maximum Gasteiger partial charge on any atom is 0.203 e. The minimum atomic E-state index is -0.0934. The number of aromatic nitrogens is 2. The average Bonchev–Trinajstić information content (AvgIpc) is 3.12. The summed E-state index contributed by atoms with van der Waals surface area (Å²) in [6.45, 7) is 4.44. The number of hydrogen-bond acceptors (Lipinski definition) is 4. The minimum absolute atomic E-state index is 0.0934. The quantitative estimate of drug-likeness (QED) is 0.449. The zero-order chi connectivity index (χ0) is 20.1. The summed E-state index contributed by atoms with van der Waals surface area (Å²) in [4.78, 5) is 12.3. The number of aryl methyl sites for hydroxylation is 3. The molecule has 3 aromatic rings. The molecule has 1 aromatic heterocycles. The van der Waals surface area contributed by atoms with Crippen molar-refractivity contribution in [3.05, 3.63) is 82.7 Å². The van der Waals surface area contributed by atoms with Gasteiger partial charge in [0.05, 0.1) is 7.11 Å². The smallest absolute Gasteiger partial charge is 0.203 e. The molecule has 1 heterocycles. The van der Waals surface area contributed by atoms with Crippen molar-refractivity contribution < 1.29 is 14.3 Å². The van der Waals surface area contributed by atoms with Crippen LogP contribution in [0.3, 0.4) is 0 Å². The van der Waals surface area contributed by atoms with Gasteiger partial charge < -0.3 is 9.47 Å². The van der Waals surface area contributed by atoms with Gasteiger partial charge in [0, 0.05) is 18.8 Å². The molecule has 144 valence electrons. The van der Waals surface area contributed by atoms with E-state index in [9.17, 15) is 4.79 Å². The molecule has 0 bridgehead atoms. The molecule has 0 aliphatic rings. The summed E-state index contributed by atoms with van der Waals surface area (Å²) in [5, 5.41) is 4.03. The molecule has 3 rings (SSSR count). The van der Waals surface area contributed by atoms with Gasteiger partial charge in [0.2, 0.25) is 5.78 Å². The Labute approximate surface area is 165 Å². The zero-order valence-electron chi connectivity index (χ0n) is 16.6. The molecule has 0 spiro atoms. The van der Waals surface area contributed by atoms with Gasteiger partial charge in [-0.2, -0.15) is 5.10 Å². The molecule has 5 nitrogen and oxygen atoms in total. The molecule has 2 aromatic carbocycles. The fraction of sp³-hybridized carbons (Fsp3) is 0.217. The van der Waals surface area contributed by atoms with Gasteiger partial charge in [0.1, 0.15) is 23.8 Å². The van der Waals surface area contributed by atoms with Gasteiger partial charge in [-0.15, -0.1) is 0 Å². The van der Waals surface area contributed by atoms with Gasteiger partial charge in [0.25, 0.3) is 0 Å². The summed E-state index contributed by atoms with van der Waals surface area (Å²) in [6, 6.07) is 13.5. The van der Waals surface area contributed by atoms with Crippen LogP contribution in [0.2, 0.25) is 0 Å². The molecule has 0 aliphatic carbocycles. The summed E-state index contributed by atoms with van der Waals surface area (Å²) >= 11 is 0. The Morgan fingerprint density at radius 2 is 1.89 bits per heavy atom. The van der Waals surface area contributed by atoms with Gasteiger partial charge >= 0.3 is 0 Å². The van der Waals surface area contributed by atoms with Crippen LogP contribution in [0.5, 0.6) is 11.5 Å². The molecule has 0 radical (unpaired) electrons. The number of hydrogen-bond donors (Lipinski definition) is 0. The number of carbonyl (C=O) groups is 1. The topological polar surface area (TPSA) is 53.3 Å². The molecule has 5 heteroatoms. The lowest BCUT2D eigenvalue weighted by atomic mass is 10.1. The van der Waals surface area contributed by atoms with Gasteiger partial charge in [-0.05, 0) is 54.8 Å². The lowest BCUT2D eigenvalue weighted by Crippen LogP contribution is -2.04. The Balaban J connectivity index is 1.79. The van der Waals surface area contributed by atoms with Crippen molar-refractivity contribution in [2.24, 2.45) is 7.05 Å². The first-order valence-corrected chi connectivity index (χ1v) is 9.06. The molecular weight excluding hydrogens is 352 g/mol. The van der Waals surface area contributed by atoms with Crippen molar-refractivity contribution >= 4 is 11.9 Å². The van der Waals surface area contributed by atoms with Crippen molar-refractivity contribution in [2.45, 2.75) is 20.5 Å². The number of methoxy groups -OCH3 is 1. The maximum absolute atomic E-state index is 12.3. The number of benzene rings is 2. The van der Waals surface area contributed by atoms with Crippen LogP contribution >= 0.6 is 0 Å². The first-order valence-electron chi connectivity index (χ1n) is 9.06. The lowest BCUT2D eigenvalue weighted by molar-refractivity contribution is 0.103. The summed E-state index contributed by atoms with van der Waals surface area (Å²) in [6.07, 6.45) is 4.95. The number of ether oxygens (including phenoxy) is 2. The zero-order valence-corrected chi connectivity index (χ0v) is 16.6. The van der Waals surface area contributed by atoms with E-state index in [4.69, 9.17) is 9.47 Å². The number of ketones is 1. The second kappa shape index (κ2) is 8.57. The fourth-order valence-electron chi connectivity index (χ4n) is 3.06. The SMILES string of the molecule is COc1ccc(/C=C/C(=O)c2ccnn2C)cc1COc1c(C)cccc1C. The minimum Gasteiger partial charge on any atom is -0.496 e. The molecule has 0 amide bonds. The van der Waals surface area contributed by atoms with Crippen molar-refractivity contribution in [1.29, 1.82) is 0 Å². The van der Waals surface area contributed by atoms with Crippen molar-refractivity contribution in [1.82, 2.24) is 9.78 Å². The van der Waals surface area contributed by atoms with Crippen LogP contribution in [0, 0.1) is 13.8 Å². The second-order valence-corrected chi connectivity index (χ2v) is 6.62. The summed E-state index contributed by atoms with van der Waals surface area (Å²) < 4.78 is 13.1. The van der Waals surface area contributed by atoms with Crippen molar-refractivity contribution in [3.63, 3.8) is 0 Å². The Hall–Kier alpha value is -3.34. The summed E-state index contributed by atoms with van der Waals surface area (Å²) in [5.74, 6) is 1.54. The van der Waals surface area contributed by atoms with Crippen LogP contribution in [0.25, 0.3) is 6.08 Å². The Morgan fingerprint density at radius 3 is 2.54 bits per heavy atom. The van der Waals surface area contributed by atoms with E-state index in [0.29, 0.717) is 12.3 Å². The number of para-hydroxylation sites is 1. The van der Waals surface area contributed by atoms with Crippen LogP contribution < -0.4 is 9.47 Å². The largest absolute Gasteiger partial charge is 0.496 e. The lowest BCUT2D eigenvalue weighted by Gasteiger charge is -2.14. The van der Waals surface area contributed by atoms with Crippen molar-refractivity contribution in [2.75, 3.05) is 7.11 Å². The predicted molar refractivity (Wildman–Crippen MR) is 110 cm³/mol. The first-order chi connectivity index (χ1) is 13.5. The number of nitrogens with zero attached hydrogens (tertiary/aromatic N) is 2. The number of rotatable bonds is 7. The molecule has 28 heavy (non-hydrogen) atoms. The molecule has 0 saturated carbocycles. The normalized spacial score (nSPS) is 11.0. The second-order valence-electron chi connectivity index (χ2n) is 6.62. The van der Waals surface area contributed by atoms with Crippen molar-refractivity contribution in [3.8, 4) is 11.5 Å².